The molecular formula is C39H48N2O8. The van der Waals surface area contributed by atoms with Gasteiger partial charge < -0.3 is 29.4 Å². The van der Waals surface area contributed by atoms with E-state index in [0.717, 1.165) is 52.8 Å². The first-order valence-electron chi connectivity index (χ1n) is 17.0. The minimum atomic E-state index is -0.873. The fraction of sp³-hybridized carbons (Fsp3) is 0.462. The lowest BCUT2D eigenvalue weighted by molar-refractivity contribution is -0.253. The monoisotopic (exact) mass is 672 g/mol. The summed E-state index contributed by atoms with van der Waals surface area (Å²) in [4.78, 5) is 38.9. The second-order valence-corrected chi connectivity index (χ2v) is 13.8. The van der Waals surface area contributed by atoms with Crippen molar-refractivity contribution in [2.45, 2.75) is 103 Å². The van der Waals surface area contributed by atoms with Gasteiger partial charge in [0.05, 0.1) is 18.8 Å². The van der Waals surface area contributed by atoms with E-state index in [1.54, 1.807) is 0 Å². The maximum atomic E-state index is 13.1. The first-order chi connectivity index (χ1) is 23.4. The maximum Gasteiger partial charge on any atom is 0.323 e. The Morgan fingerprint density at radius 1 is 0.959 bits per heavy atom. The largest absolute Gasteiger partial charge is 0.459 e. The second kappa shape index (κ2) is 16.1. The molecule has 2 heterocycles. The molecule has 0 radical (unpaired) electrons. The van der Waals surface area contributed by atoms with Crippen LogP contribution in [-0.2, 0) is 46.5 Å². The molecule has 5 atom stereocenters. The van der Waals surface area contributed by atoms with E-state index in [9.17, 15) is 19.5 Å². The topological polar surface area (TPSA) is 124 Å². The summed E-state index contributed by atoms with van der Waals surface area (Å²) in [7, 11) is 0. The lowest BCUT2D eigenvalue weighted by atomic mass is 9.98. The Kier molecular flexibility index (Phi) is 11.9. The highest BCUT2D eigenvalue weighted by molar-refractivity contribution is 5.83. The van der Waals surface area contributed by atoms with Gasteiger partial charge in [-0.25, -0.2) is 0 Å². The van der Waals surface area contributed by atoms with Crippen LogP contribution < -0.4 is 5.32 Å². The maximum absolute atomic E-state index is 13.1. The Hall–Kier alpha value is -4.09. The molecule has 0 bridgehead atoms. The minimum Gasteiger partial charge on any atom is -0.459 e. The zero-order valence-corrected chi connectivity index (χ0v) is 29.0. The van der Waals surface area contributed by atoms with Gasteiger partial charge in [-0.3, -0.25) is 19.3 Å². The lowest BCUT2D eigenvalue weighted by Gasteiger charge is -2.38. The van der Waals surface area contributed by atoms with Crippen LogP contribution in [0.15, 0.2) is 72.8 Å². The molecule has 0 unspecified atom stereocenters. The molecule has 2 aliphatic rings. The summed E-state index contributed by atoms with van der Waals surface area (Å²) in [5, 5.41) is 12.4. The molecule has 2 fully saturated rings. The van der Waals surface area contributed by atoms with Crippen LogP contribution in [0.4, 0.5) is 0 Å². The third kappa shape index (κ3) is 9.98. The number of benzene rings is 3. The highest BCUT2D eigenvalue weighted by atomic mass is 16.7. The van der Waals surface area contributed by atoms with Crippen LogP contribution in [-0.4, -0.2) is 64.8 Å². The molecule has 0 saturated carbocycles. The number of esters is 2. The van der Waals surface area contributed by atoms with Crippen molar-refractivity contribution in [2.24, 2.45) is 0 Å². The molecule has 2 N–H and O–H groups in total. The van der Waals surface area contributed by atoms with Crippen molar-refractivity contribution in [1.82, 2.24) is 10.2 Å². The Labute approximate surface area is 288 Å². The number of likely N-dealkylation sites (tertiary alicyclic amines) is 1. The average molecular weight is 673 g/mol. The van der Waals surface area contributed by atoms with Crippen LogP contribution in [0.2, 0.25) is 0 Å². The van der Waals surface area contributed by atoms with Gasteiger partial charge >= 0.3 is 11.9 Å². The SMILES string of the molecule is CC(=O)O[C@@H](C)C(=O)NCc1cccc(-c2cccc([C@H]3O[C@@H](CN4CCC[C@H]4C(=O)OC(C)(C)C)C[C@@H](c4ccc(CO)cc4)O3)c2)c1. The normalized spacial score (nSPS) is 21.9. The van der Waals surface area contributed by atoms with Crippen LogP contribution in [0.3, 0.4) is 0 Å². The molecule has 0 spiro atoms. The third-order valence-corrected chi connectivity index (χ3v) is 8.69. The number of hydrogen-bond acceptors (Lipinski definition) is 9. The number of carbonyl (C=O) groups excluding carboxylic acids is 3. The molecule has 49 heavy (non-hydrogen) atoms. The minimum absolute atomic E-state index is 0.0328. The van der Waals surface area contributed by atoms with Gasteiger partial charge in [0.2, 0.25) is 0 Å². The zero-order chi connectivity index (χ0) is 35.1. The molecule has 3 aromatic carbocycles. The van der Waals surface area contributed by atoms with Gasteiger partial charge in [-0.15, -0.1) is 0 Å². The highest BCUT2D eigenvalue weighted by Crippen LogP contribution is 2.39. The standard InChI is InChI=1S/C39H48N2O8/c1-25(46-26(2)43)36(44)40-22-28-9-6-10-30(19-28)31-11-7-12-32(20-31)38-47-33(21-35(48-38)29-16-14-27(24-42)15-17-29)23-41-18-8-13-34(41)37(45)49-39(3,4)5/h6-7,9-12,14-17,19-20,25,33-35,38,42H,8,13,18,21-24H2,1-5H3,(H,40,44)/t25-,33+,34-,35-,38-/m0/s1. The first-order valence-corrected chi connectivity index (χ1v) is 17.0. The Morgan fingerprint density at radius 3 is 2.37 bits per heavy atom. The van der Waals surface area contributed by atoms with Crippen molar-refractivity contribution >= 4 is 17.8 Å². The molecule has 10 heteroatoms. The number of ether oxygens (including phenoxy) is 4. The van der Waals surface area contributed by atoms with E-state index in [1.165, 1.54) is 13.8 Å². The zero-order valence-electron chi connectivity index (χ0n) is 29.0. The smallest absolute Gasteiger partial charge is 0.323 e. The predicted octanol–water partition coefficient (Wildman–Crippen LogP) is 5.77. The summed E-state index contributed by atoms with van der Waals surface area (Å²) in [6.07, 6.45) is 0.271. The summed E-state index contributed by atoms with van der Waals surface area (Å²) < 4.78 is 24.0. The van der Waals surface area contributed by atoms with Crippen LogP contribution in [0.1, 0.15) is 88.5 Å². The van der Waals surface area contributed by atoms with Crippen molar-refractivity contribution in [1.29, 1.82) is 0 Å². The molecular weight excluding hydrogens is 624 g/mol. The van der Waals surface area contributed by atoms with Crippen LogP contribution >= 0.6 is 0 Å². The number of rotatable bonds is 11. The fourth-order valence-corrected chi connectivity index (χ4v) is 6.34. The van der Waals surface area contributed by atoms with Gasteiger partial charge in [-0.05, 0) is 87.0 Å². The second-order valence-electron chi connectivity index (χ2n) is 13.8. The van der Waals surface area contributed by atoms with Crippen molar-refractivity contribution in [3.8, 4) is 11.1 Å². The summed E-state index contributed by atoms with van der Waals surface area (Å²) >= 11 is 0. The van der Waals surface area contributed by atoms with E-state index < -0.39 is 24.0 Å². The van der Waals surface area contributed by atoms with Crippen LogP contribution in [0, 0.1) is 0 Å². The number of amides is 1. The molecule has 2 saturated heterocycles. The van der Waals surface area contributed by atoms with Crippen LogP contribution in [0.5, 0.6) is 0 Å². The summed E-state index contributed by atoms with van der Waals surface area (Å²) in [5.41, 5.74) is 4.94. The van der Waals surface area contributed by atoms with Gasteiger partial charge in [-0.1, -0.05) is 60.7 Å². The fourth-order valence-electron chi connectivity index (χ4n) is 6.34. The molecule has 1 amide bonds. The first kappa shape index (κ1) is 36.2. The Morgan fingerprint density at radius 2 is 1.67 bits per heavy atom. The number of carbonyl (C=O) groups is 3. The van der Waals surface area contributed by atoms with Crippen molar-refractivity contribution in [2.75, 3.05) is 13.1 Å². The van der Waals surface area contributed by atoms with Gasteiger partial charge in [0, 0.05) is 32.0 Å². The lowest BCUT2D eigenvalue weighted by Crippen LogP contribution is -2.45. The van der Waals surface area contributed by atoms with E-state index in [2.05, 4.69) is 16.3 Å². The van der Waals surface area contributed by atoms with Crippen molar-refractivity contribution in [3.63, 3.8) is 0 Å². The van der Waals surface area contributed by atoms with Gasteiger partial charge in [0.25, 0.3) is 5.91 Å². The highest BCUT2D eigenvalue weighted by Gasteiger charge is 2.39. The van der Waals surface area contributed by atoms with Crippen LogP contribution in [0.25, 0.3) is 11.1 Å². The quantitative estimate of drug-likeness (QED) is 0.245. The summed E-state index contributed by atoms with van der Waals surface area (Å²) in [6.45, 7) is 10.1. The summed E-state index contributed by atoms with van der Waals surface area (Å²) in [5.74, 6) is -1.07. The number of aliphatic hydroxyl groups excluding tert-OH is 1. The molecule has 5 rings (SSSR count). The molecule has 0 aliphatic carbocycles. The van der Waals surface area contributed by atoms with E-state index in [4.69, 9.17) is 18.9 Å². The number of nitrogens with zero attached hydrogens (tertiary/aromatic N) is 1. The van der Waals surface area contributed by atoms with E-state index in [-0.39, 0.29) is 43.3 Å². The van der Waals surface area contributed by atoms with E-state index in [0.29, 0.717) is 13.0 Å². The third-order valence-electron chi connectivity index (χ3n) is 8.69. The molecule has 3 aromatic rings. The van der Waals surface area contributed by atoms with Gasteiger partial charge in [0.1, 0.15) is 11.6 Å². The van der Waals surface area contributed by atoms with Crippen molar-refractivity contribution in [3.05, 3.63) is 95.1 Å². The number of nitrogens with one attached hydrogen (secondary N) is 1. The molecule has 0 aromatic heterocycles. The van der Waals surface area contributed by atoms with E-state index >= 15 is 0 Å². The number of hydrogen-bond donors (Lipinski definition) is 2. The Balaban J connectivity index is 1.34. The van der Waals surface area contributed by atoms with Gasteiger partial charge in [0.15, 0.2) is 12.4 Å². The van der Waals surface area contributed by atoms with Gasteiger partial charge in [-0.2, -0.15) is 0 Å². The number of aliphatic hydroxyl groups is 1. The average Bonchev–Trinajstić information content (AvgIpc) is 3.54. The molecule has 2 aliphatic heterocycles. The van der Waals surface area contributed by atoms with E-state index in [1.807, 2.05) is 87.5 Å². The predicted molar refractivity (Wildman–Crippen MR) is 184 cm³/mol. The van der Waals surface area contributed by atoms with Crippen molar-refractivity contribution < 1.29 is 38.4 Å². The summed E-state index contributed by atoms with van der Waals surface area (Å²) in [6, 6.07) is 23.4. The molecule has 262 valence electrons. The Bertz CT molecular complexity index is 1600. The molecule has 10 nitrogen and oxygen atoms in total.